The van der Waals surface area contributed by atoms with Gasteiger partial charge < -0.3 is 15.9 Å². The summed E-state index contributed by atoms with van der Waals surface area (Å²) in [6.45, 7) is 0. The molecule has 7 heteroatoms. The minimum absolute atomic E-state index is 0.0836. The van der Waals surface area contributed by atoms with E-state index in [1.807, 2.05) is 0 Å². The van der Waals surface area contributed by atoms with Crippen LogP contribution in [0.2, 0.25) is 5.02 Å². The van der Waals surface area contributed by atoms with E-state index in [9.17, 15) is 9.59 Å². The second-order valence-corrected chi connectivity index (χ2v) is 5.07. The Balaban J connectivity index is 2.94. The summed E-state index contributed by atoms with van der Waals surface area (Å²) in [5, 5.41) is 17.9. The molecule has 1 aromatic rings. The van der Waals surface area contributed by atoms with E-state index in [1.165, 1.54) is 0 Å². The van der Waals surface area contributed by atoms with E-state index in [1.54, 1.807) is 12.1 Å². The Morgan fingerprint density at radius 2 is 2.00 bits per heavy atom. The Morgan fingerprint density at radius 3 is 2.44 bits per heavy atom. The van der Waals surface area contributed by atoms with Crippen molar-refractivity contribution < 1.29 is 19.8 Å². The van der Waals surface area contributed by atoms with E-state index in [-0.39, 0.29) is 6.42 Å². The number of halogens is 2. The van der Waals surface area contributed by atoms with E-state index in [2.05, 4.69) is 15.9 Å². The van der Waals surface area contributed by atoms with Crippen LogP contribution in [-0.4, -0.2) is 22.2 Å². The monoisotopic (exact) mass is 335 g/mol. The number of hydrogen-bond donors (Lipinski definition) is 3. The number of carboxylic acids is 2. The first-order valence-electron chi connectivity index (χ1n) is 4.99. The van der Waals surface area contributed by atoms with Crippen LogP contribution >= 0.6 is 27.5 Å². The standard InChI is InChI=1S/C11H11BrClNO4/c12-7-2-5(3-8(13)10(7)14)1-6(11(17)18)4-9(15)16/h2-3,6H,1,4,14H2,(H,15,16)(H,17,18). The average Bonchev–Trinajstić information content (AvgIpc) is 2.24. The molecular weight excluding hydrogens is 325 g/mol. The molecule has 4 N–H and O–H groups in total. The predicted octanol–water partition coefficient (Wildman–Crippen LogP) is 2.40. The van der Waals surface area contributed by atoms with Gasteiger partial charge in [-0.3, -0.25) is 9.59 Å². The van der Waals surface area contributed by atoms with Crippen molar-refractivity contribution in [2.75, 3.05) is 5.73 Å². The van der Waals surface area contributed by atoms with Crippen LogP contribution in [0.4, 0.5) is 5.69 Å². The number of carboxylic acid groups (broad SMARTS) is 2. The second kappa shape index (κ2) is 6.06. The van der Waals surface area contributed by atoms with Crippen molar-refractivity contribution in [3.63, 3.8) is 0 Å². The molecule has 1 unspecified atom stereocenters. The topological polar surface area (TPSA) is 101 Å². The molecule has 0 heterocycles. The number of rotatable bonds is 5. The van der Waals surface area contributed by atoms with Crippen LogP contribution in [0.5, 0.6) is 0 Å². The first kappa shape index (κ1) is 14.8. The number of anilines is 1. The summed E-state index contributed by atoms with van der Waals surface area (Å²) in [4.78, 5) is 21.5. The van der Waals surface area contributed by atoms with Gasteiger partial charge in [-0.05, 0) is 40.0 Å². The molecule has 0 fully saturated rings. The van der Waals surface area contributed by atoms with Crippen molar-refractivity contribution in [1.82, 2.24) is 0 Å². The van der Waals surface area contributed by atoms with Gasteiger partial charge in [0.2, 0.25) is 0 Å². The molecule has 1 rings (SSSR count). The summed E-state index contributed by atoms with van der Waals surface area (Å²) in [5.74, 6) is -3.29. The average molecular weight is 337 g/mol. The zero-order valence-electron chi connectivity index (χ0n) is 9.19. The Labute approximate surface area is 117 Å². The molecule has 0 spiro atoms. The lowest BCUT2D eigenvalue weighted by Crippen LogP contribution is -2.20. The maximum Gasteiger partial charge on any atom is 0.307 e. The highest BCUT2D eigenvalue weighted by Crippen LogP contribution is 2.30. The fraction of sp³-hybridized carbons (Fsp3) is 0.273. The first-order valence-corrected chi connectivity index (χ1v) is 6.16. The molecule has 98 valence electrons. The second-order valence-electron chi connectivity index (χ2n) is 3.81. The normalized spacial score (nSPS) is 12.1. The lowest BCUT2D eigenvalue weighted by atomic mass is 9.96. The van der Waals surface area contributed by atoms with Gasteiger partial charge in [-0.1, -0.05) is 11.6 Å². The van der Waals surface area contributed by atoms with E-state index < -0.39 is 24.3 Å². The van der Waals surface area contributed by atoms with Crippen LogP contribution in [0, 0.1) is 5.92 Å². The highest BCUT2D eigenvalue weighted by Gasteiger charge is 2.22. The summed E-state index contributed by atoms with van der Waals surface area (Å²) < 4.78 is 0.560. The molecule has 0 amide bonds. The summed E-state index contributed by atoms with van der Waals surface area (Å²) >= 11 is 9.07. The lowest BCUT2D eigenvalue weighted by Gasteiger charge is -2.11. The molecule has 0 bridgehead atoms. The third kappa shape index (κ3) is 3.89. The maximum atomic E-state index is 10.9. The molecule has 0 saturated carbocycles. The number of hydrogen-bond acceptors (Lipinski definition) is 3. The predicted molar refractivity (Wildman–Crippen MR) is 70.6 cm³/mol. The van der Waals surface area contributed by atoms with Crippen LogP contribution < -0.4 is 5.73 Å². The summed E-state index contributed by atoms with van der Waals surface area (Å²) in [6, 6.07) is 3.18. The Kier molecular flexibility index (Phi) is 4.98. The number of carbonyl (C=O) groups is 2. The third-order valence-corrected chi connectivity index (χ3v) is 3.36. The van der Waals surface area contributed by atoms with Gasteiger partial charge in [0.25, 0.3) is 0 Å². The van der Waals surface area contributed by atoms with Gasteiger partial charge >= 0.3 is 11.9 Å². The van der Waals surface area contributed by atoms with Crippen LogP contribution in [0.3, 0.4) is 0 Å². The summed E-state index contributed by atoms with van der Waals surface area (Å²) in [6.07, 6.45) is -0.352. The highest BCUT2D eigenvalue weighted by molar-refractivity contribution is 9.10. The fourth-order valence-corrected chi connectivity index (χ4v) is 2.36. The molecule has 0 radical (unpaired) electrons. The largest absolute Gasteiger partial charge is 0.481 e. The van der Waals surface area contributed by atoms with Crippen molar-refractivity contribution in [1.29, 1.82) is 0 Å². The molecule has 1 aromatic carbocycles. The summed E-state index contributed by atoms with van der Waals surface area (Å²) in [5.41, 5.74) is 6.62. The van der Waals surface area contributed by atoms with E-state index in [0.29, 0.717) is 20.7 Å². The van der Waals surface area contributed by atoms with Crippen molar-refractivity contribution in [2.45, 2.75) is 12.8 Å². The molecule has 18 heavy (non-hydrogen) atoms. The zero-order chi connectivity index (χ0) is 13.9. The maximum absolute atomic E-state index is 10.9. The number of nitrogen functional groups attached to an aromatic ring is 1. The van der Waals surface area contributed by atoms with Gasteiger partial charge in [0, 0.05) is 4.47 Å². The smallest absolute Gasteiger partial charge is 0.307 e. The minimum atomic E-state index is -1.15. The Bertz CT molecular complexity index is 469. The van der Waals surface area contributed by atoms with Crippen molar-refractivity contribution in [3.8, 4) is 0 Å². The zero-order valence-corrected chi connectivity index (χ0v) is 11.5. The Morgan fingerprint density at radius 1 is 1.39 bits per heavy atom. The lowest BCUT2D eigenvalue weighted by molar-refractivity contribution is -0.148. The van der Waals surface area contributed by atoms with Gasteiger partial charge in [-0.2, -0.15) is 0 Å². The van der Waals surface area contributed by atoms with Crippen molar-refractivity contribution in [2.24, 2.45) is 5.92 Å². The van der Waals surface area contributed by atoms with Gasteiger partial charge in [-0.15, -0.1) is 0 Å². The molecule has 0 aliphatic rings. The molecule has 1 atom stereocenters. The van der Waals surface area contributed by atoms with Gasteiger partial charge in [-0.25, -0.2) is 0 Å². The quantitative estimate of drug-likeness (QED) is 0.717. The molecule has 0 aromatic heterocycles. The Hall–Kier alpha value is -1.27. The molecule has 0 saturated heterocycles. The van der Waals surface area contributed by atoms with Gasteiger partial charge in [0.1, 0.15) is 0 Å². The van der Waals surface area contributed by atoms with E-state index in [0.717, 1.165) is 0 Å². The molecule has 0 aliphatic heterocycles. The highest BCUT2D eigenvalue weighted by atomic mass is 79.9. The summed E-state index contributed by atoms with van der Waals surface area (Å²) in [7, 11) is 0. The fourth-order valence-electron chi connectivity index (χ4n) is 1.50. The number of aliphatic carboxylic acids is 2. The van der Waals surface area contributed by atoms with Gasteiger partial charge in [0.15, 0.2) is 0 Å². The number of benzene rings is 1. The molecular formula is C11H11BrClNO4. The van der Waals surface area contributed by atoms with E-state index >= 15 is 0 Å². The van der Waals surface area contributed by atoms with Crippen LogP contribution in [-0.2, 0) is 16.0 Å². The van der Waals surface area contributed by atoms with Crippen LogP contribution in [0.15, 0.2) is 16.6 Å². The number of nitrogens with two attached hydrogens (primary N) is 1. The van der Waals surface area contributed by atoms with Crippen molar-refractivity contribution in [3.05, 3.63) is 27.2 Å². The van der Waals surface area contributed by atoms with Crippen LogP contribution in [0.1, 0.15) is 12.0 Å². The first-order chi connectivity index (χ1) is 8.31. The van der Waals surface area contributed by atoms with Gasteiger partial charge in [0.05, 0.1) is 23.0 Å². The van der Waals surface area contributed by atoms with E-state index in [4.69, 9.17) is 27.5 Å². The third-order valence-electron chi connectivity index (χ3n) is 2.39. The van der Waals surface area contributed by atoms with Crippen LogP contribution in [0.25, 0.3) is 0 Å². The molecule has 5 nitrogen and oxygen atoms in total. The SMILES string of the molecule is Nc1c(Cl)cc(CC(CC(=O)O)C(=O)O)cc1Br. The minimum Gasteiger partial charge on any atom is -0.481 e. The molecule has 0 aliphatic carbocycles. The van der Waals surface area contributed by atoms with Crippen molar-refractivity contribution >= 4 is 45.2 Å².